The third-order valence-corrected chi connectivity index (χ3v) is 7.70. The van der Waals surface area contributed by atoms with E-state index in [0.717, 1.165) is 43.8 Å². The normalized spacial score (nSPS) is 11.8. The Balaban J connectivity index is 1.51. The van der Waals surface area contributed by atoms with E-state index in [1.54, 1.807) is 18.2 Å². The maximum absolute atomic E-state index is 12.3. The molecule has 0 amide bonds. The van der Waals surface area contributed by atoms with Crippen LogP contribution in [-0.2, 0) is 17.9 Å². The molecule has 0 atom stereocenters. The van der Waals surface area contributed by atoms with Crippen molar-refractivity contribution in [3.05, 3.63) is 105 Å². The Morgan fingerprint density at radius 3 is 2.49 bits per heavy atom. The predicted molar refractivity (Wildman–Crippen MR) is 153 cm³/mol. The average Bonchev–Trinajstić information content (AvgIpc) is 3.46. The van der Waals surface area contributed by atoms with Gasteiger partial charge in [0.2, 0.25) is 0 Å². The van der Waals surface area contributed by atoms with Crippen molar-refractivity contribution in [1.29, 1.82) is 0 Å². The summed E-state index contributed by atoms with van der Waals surface area (Å²) in [6, 6.07) is 23.5. The summed E-state index contributed by atoms with van der Waals surface area (Å²) in [7, 11) is 0. The van der Waals surface area contributed by atoms with E-state index in [0.29, 0.717) is 29.1 Å². The van der Waals surface area contributed by atoms with E-state index >= 15 is 0 Å². The molecule has 5 aromatic rings. The van der Waals surface area contributed by atoms with Crippen LogP contribution in [-0.4, -0.2) is 30.4 Å². The van der Waals surface area contributed by atoms with Crippen molar-refractivity contribution in [3.8, 4) is 11.4 Å². The van der Waals surface area contributed by atoms with Gasteiger partial charge in [0.05, 0.1) is 0 Å². The van der Waals surface area contributed by atoms with E-state index in [4.69, 9.17) is 11.6 Å². The highest BCUT2D eigenvalue weighted by Gasteiger charge is 2.19. The Hall–Kier alpha value is -3.33. The fourth-order valence-electron chi connectivity index (χ4n) is 4.14. The number of para-hydroxylation sites is 1. The molecule has 0 fully saturated rings. The number of aromatic nitrogens is 4. The van der Waals surface area contributed by atoms with Gasteiger partial charge in [-0.05, 0) is 72.8 Å². The molecule has 3 aromatic carbocycles. The van der Waals surface area contributed by atoms with Gasteiger partial charge in [0, 0.05) is 50.8 Å². The number of carbonyl (C=O) groups is 1. The molecular weight excluding hydrogens is 572 g/mol. The molecule has 0 aliphatic carbocycles. The number of aliphatic carboxylic acids is 1. The van der Waals surface area contributed by atoms with Crippen LogP contribution in [0.15, 0.2) is 93.5 Å². The monoisotopic (exact) mass is 592 g/mol. The van der Waals surface area contributed by atoms with Crippen LogP contribution in [0.5, 0.6) is 0 Å². The Morgan fingerprint density at radius 1 is 1.05 bits per heavy atom. The summed E-state index contributed by atoms with van der Waals surface area (Å²) in [6.07, 6.45) is 3.71. The molecule has 37 heavy (non-hydrogen) atoms. The quantitative estimate of drug-likeness (QED) is 0.148. The van der Waals surface area contributed by atoms with Crippen LogP contribution in [0.4, 0.5) is 0 Å². The molecule has 6 nitrogen and oxygen atoms in total. The molecule has 186 valence electrons. The van der Waals surface area contributed by atoms with Gasteiger partial charge in [0.1, 0.15) is 4.91 Å². The van der Waals surface area contributed by atoms with Gasteiger partial charge in [0.25, 0.3) is 0 Å². The standard InChI is InChI=1S/C28H22BrClN4O2S/c1-2-34-26(19-9-13-22(30)14-10-19)31-32-28(34)37-25(27(35)36)15-20-17-33(24-6-4-3-5-23(20)24)16-18-7-11-21(29)12-8-18/h3-15,17H,2,16H2,1H3,(H,35,36)/b25-15-. The highest BCUT2D eigenvalue weighted by Crippen LogP contribution is 2.33. The number of carboxylic acids is 1. The lowest BCUT2D eigenvalue weighted by Gasteiger charge is -2.08. The van der Waals surface area contributed by atoms with Crippen LogP contribution in [0.25, 0.3) is 28.4 Å². The van der Waals surface area contributed by atoms with Crippen molar-refractivity contribution in [2.24, 2.45) is 0 Å². The van der Waals surface area contributed by atoms with Gasteiger partial charge in [-0.1, -0.05) is 57.9 Å². The zero-order valence-electron chi connectivity index (χ0n) is 19.8. The first-order valence-electron chi connectivity index (χ1n) is 11.6. The average molecular weight is 594 g/mol. The maximum Gasteiger partial charge on any atom is 0.342 e. The van der Waals surface area contributed by atoms with E-state index in [-0.39, 0.29) is 4.91 Å². The molecule has 0 unspecified atom stereocenters. The molecule has 2 aromatic heterocycles. The van der Waals surface area contributed by atoms with Gasteiger partial charge in [-0.15, -0.1) is 10.2 Å². The number of halogens is 2. The lowest BCUT2D eigenvalue weighted by atomic mass is 10.1. The van der Waals surface area contributed by atoms with E-state index in [9.17, 15) is 9.90 Å². The molecule has 1 N–H and O–H groups in total. The molecule has 0 aliphatic heterocycles. The molecule has 5 rings (SSSR count). The number of nitrogens with zero attached hydrogens (tertiary/aromatic N) is 4. The highest BCUT2D eigenvalue weighted by atomic mass is 79.9. The van der Waals surface area contributed by atoms with Crippen LogP contribution in [0.3, 0.4) is 0 Å². The number of thioether (sulfide) groups is 1. The first kappa shape index (κ1) is 25.3. The number of carboxylic acid groups (broad SMARTS) is 1. The minimum Gasteiger partial charge on any atom is -0.477 e. The molecule has 0 saturated carbocycles. The van der Waals surface area contributed by atoms with Gasteiger partial charge in [0.15, 0.2) is 11.0 Å². The van der Waals surface area contributed by atoms with Crippen molar-refractivity contribution in [3.63, 3.8) is 0 Å². The molecule has 0 saturated heterocycles. The summed E-state index contributed by atoms with van der Waals surface area (Å²) >= 11 is 10.6. The zero-order chi connectivity index (χ0) is 25.9. The Morgan fingerprint density at radius 2 is 1.78 bits per heavy atom. The summed E-state index contributed by atoms with van der Waals surface area (Å²) in [5.41, 5.74) is 3.88. The molecule has 0 spiro atoms. The van der Waals surface area contributed by atoms with Crippen LogP contribution in [0.2, 0.25) is 5.02 Å². The van der Waals surface area contributed by atoms with Gasteiger partial charge >= 0.3 is 5.97 Å². The number of hydrogen-bond acceptors (Lipinski definition) is 4. The van der Waals surface area contributed by atoms with Crippen LogP contribution in [0.1, 0.15) is 18.1 Å². The van der Waals surface area contributed by atoms with E-state index < -0.39 is 5.97 Å². The van der Waals surface area contributed by atoms with Crippen molar-refractivity contribution in [2.75, 3.05) is 0 Å². The van der Waals surface area contributed by atoms with E-state index in [2.05, 4.69) is 42.8 Å². The minimum absolute atomic E-state index is 0.163. The van der Waals surface area contributed by atoms with Gasteiger partial charge in [-0.25, -0.2) is 4.79 Å². The second-order valence-corrected chi connectivity index (χ2v) is 10.7. The molecule has 9 heteroatoms. The van der Waals surface area contributed by atoms with Crippen LogP contribution >= 0.6 is 39.3 Å². The summed E-state index contributed by atoms with van der Waals surface area (Å²) in [5.74, 6) is -0.356. The zero-order valence-corrected chi connectivity index (χ0v) is 23.0. The number of hydrogen-bond donors (Lipinski definition) is 1. The van der Waals surface area contributed by atoms with Crippen molar-refractivity contribution in [2.45, 2.75) is 25.2 Å². The molecule has 0 radical (unpaired) electrons. The summed E-state index contributed by atoms with van der Waals surface area (Å²) < 4.78 is 5.07. The Bertz CT molecular complexity index is 1610. The predicted octanol–water partition coefficient (Wildman–Crippen LogP) is 7.60. The topological polar surface area (TPSA) is 72.9 Å². The highest BCUT2D eigenvalue weighted by molar-refractivity contribution is 9.10. The third-order valence-electron chi connectivity index (χ3n) is 5.92. The minimum atomic E-state index is -1.02. The second-order valence-electron chi connectivity index (χ2n) is 8.33. The molecular formula is C28H22BrClN4O2S. The van der Waals surface area contributed by atoms with Crippen molar-refractivity contribution >= 4 is 62.2 Å². The van der Waals surface area contributed by atoms with Gasteiger partial charge in [-0.2, -0.15) is 0 Å². The number of benzene rings is 3. The largest absolute Gasteiger partial charge is 0.477 e. The summed E-state index contributed by atoms with van der Waals surface area (Å²) in [4.78, 5) is 12.5. The van der Waals surface area contributed by atoms with Crippen molar-refractivity contribution in [1.82, 2.24) is 19.3 Å². The van der Waals surface area contributed by atoms with Crippen LogP contribution < -0.4 is 0 Å². The fourth-order valence-corrected chi connectivity index (χ4v) is 5.41. The first-order chi connectivity index (χ1) is 17.9. The van der Waals surface area contributed by atoms with Gasteiger partial charge < -0.3 is 14.2 Å². The summed E-state index contributed by atoms with van der Waals surface area (Å²) in [5, 5.41) is 20.9. The molecule has 0 aliphatic rings. The van der Waals surface area contributed by atoms with Gasteiger partial charge in [-0.3, -0.25) is 0 Å². The smallest absolute Gasteiger partial charge is 0.342 e. The fraction of sp³-hybridized carbons (Fsp3) is 0.107. The lowest BCUT2D eigenvalue weighted by molar-refractivity contribution is -0.131. The Kier molecular flexibility index (Phi) is 7.50. The third kappa shape index (κ3) is 5.51. The second kappa shape index (κ2) is 11.0. The number of fused-ring (bicyclic) bond motifs is 1. The van der Waals surface area contributed by atoms with E-state index in [1.807, 2.05) is 66.2 Å². The van der Waals surface area contributed by atoms with Crippen molar-refractivity contribution < 1.29 is 9.90 Å². The first-order valence-corrected chi connectivity index (χ1v) is 13.6. The van der Waals surface area contributed by atoms with E-state index in [1.165, 1.54) is 0 Å². The lowest BCUT2D eigenvalue weighted by Crippen LogP contribution is -2.02. The molecule has 2 heterocycles. The number of rotatable bonds is 8. The van der Waals surface area contributed by atoms with Crippen LogP contribution in [0, 0.1) is 0 Å². The maximum atomic E-state index is 12.3. The summed E-state index contributed by atoms with van der Waals surface area (Å²) in [6.45, 7) is 3.24. The Labute approximate surface area is 231 Å². The SMILES string of the molecule is CCn1c(S/C(=C\c2cn(Cc3ccc(Br)cc3)c3ccccc23)C(=O)O)nnc1-c1ccc(Cl)cc1. The molecule has 0 bridgehead atoms.